The third kappa shape index (κ3) is 2.99. The van der Waals surface area contributed by atoms with E-state index in [1.54, 1.807) is 0 Å². The molecule has 0 aliphatic carbocycles. The number of rotatable bonds is 3. The quantitative estimate of drug-likeness (QED) is 0.803. The number of carbonyl (C=O) groups excluding carboxylic acids is 2. The molecule has 2 N–H and O–H groups in total. The van der Waals surface area contributed by atoms with Crippen molar-refractivity contribution in [3.8, 4) is 0 Å². The molecular weight excluding hydrogens is 318 g/mol. The maximum Gasteiger partial charge on any atom is 0.249 e. The summed E-state index contributed by atoms with van der Waals surface area (Å²) in [7, 11) is 0. The van der Waals surface area contributed by atoms with Crippen molar-refractivity contribution in [2.75, 3.05) is 36.0 Å². The van der Waals surface area contributed by atoms with Crippen LogP contribution >= 0.6 is 0 Å². The van der Waals surface area contributed by atoms with Gasteiger partial charge in [-0.2, -0.15) is 0 Å². The summed E-state index contributed by atoms with van der Waals surface area (Å²) in [5.74, 6) is 0.0902. The molecule has 0 spiro atoms. The summed E-state index contributed by atoms with van der Waals surface area (Å²) in [5, 5.41) is 11.8. The number of anilines is 2. The molecule has 3 aliphatic rings. The number of hydrogen-bond acceptors (Lipinski definition) is 5. The van der Waals surface area contributed by atoms with Crippen molar-refractivity contribution in [1.29, 1.82) is 0 Å². The average Bonchev–Trinajstić information content (AvgIpc) is 3.06. The lowest BCUT2D eigenvalue weighted by molar-refractivity contribution is -0.134. The number of piperidine rings is 2. The third-order valence-electron chi connectivity index (χ3n) is 5.84. The molecule has 6 heteroatoms. The Morgan fingerprint density at radius 3 is 2.52 bits per heavy atom. The van der Waals surface area contributed by atoms with Gasteiger partial charge in [-0.1, -0.05) is 6.07 Å². The molecule has 0 radical (unpaired) electrons. The number of imide groups is 1. The largest absolute Gasteiger partial charge is 0.396 e. The van der Waals surface area contributed by atoms with Crippen molar-refractivity contribution in [3.05, 3.63) is 23.8 Å². The molecule has 3 heterocycles. The summed E-state index contributed by atoms with van der Waals surface area (Å²) in [6.45, 7) is 3.05. The zero-order valence-electron chi connectivity index (χ0n) is 14.4. The lowest BCUT2D eigenvalue weighted by Crippen LogP contribution is -2.52. The molecular formula is C19H25N3O3. The highest BCUT2D eigenvalue weighted by atomic mass is 16.3. The van der Waals surface area contributed by atoms with Crippen LogP contribution in [0.3, 0.4) is 0 Å². The van der Waals surface area contributed by atoms with Gasteiger partial charge in [0.25, 0.3) is 0 Å². The predicted octanol–water partition coefficient (Wildman–Crippen LogP) is 1.06. The third-order valence-corrected chi connectivity index (χ3v) is 5.84. The van der Waals surface area contributed by atoms with E-state index in [-0.39, 0.29) is 24.5 Å². The van der Waals surface area contributed by atoms with Crippen molar-refractivity contribution in [2.45, 2.75) is 38.1 Å². The van der Waals surface area contributed by atoms with Gasteiger partial charge in [-0.05, 0) is 43.7 Å². The van der Waals surface area contributed by atoms with Crippen LogP contribution in [-0.4, -0.2) is 49.2 Å². The summed E-state index contributed by atoms with van der Waals surface area (Å²) in [5.41, 5.74) is 3.72. The normalized spacial score (nSPS) is 24.4. The van der Waals surface area contributed by atoms with Gasteiger partial charge in [-0.15, -0.1) is 0 Å². The van der Waals surface area contributed by atoms with E-state index < -0.39 is 0 Å². The van der Waals surface area contributed by atoms with E-state index in [0.717, 1.165) is 44.6 Å². The Morgan fingerprint density at radius 2 is 1.80 bits per heavy atom. The molecule has 0 bridgehead atoms. The monoisotopic (exact) mass is 343 g/mol. The first-order valence-corrected chi connectivity index (χ1v) is 9.25. The molecule has 134 valence electrons. The zero-order valence-corrected chi connectivity index (χ0v) is 14.4. The van der Waals surface area contributed by atoms with Crippen molar-refractivity contribution < 1.29 is 14.7 Å². The second-order valence-electron chi connectivity index (χ2n) is 7.30. The van der Waals surface area contributed by atoms with Gasteiger partial charge in [0, 0.05) is 49.6 Å². The van der Waals surface area contributed by atoms with Crippen LogP contribution < -0.4 is 15.1 Å². The molecule has 3 aliphatic heterocycles. The van der Waals surface area contributed by atoms with Crippen LogP contribution in [0.25, 0.3) is 0 Å². The van der Waals surface area contributed by atoms with Gasteiger partial charge in [-0.25, -0.2) is 0 Å². The van der Waals surface area contributed by atoms with Gasteiger partial charge in [0.2, 0.25) is 11.8 Å². The minimum absolute atomic E-state index is 0.166. The molecule has 1 atom stereocenters. The topological polar surface area (TPSA) is 72.9 Å². The second kappa shape index (κ2) is 6.67. The van der Waals surface area contributed by atoms with Gasteiger partial charge in [-0.3, -0.25) is 14.9 Å². The Bertz CT molecular complexity index is 682. The molecule has 2 saturated heterocycles. The maximum absolute atomic E-state index is 12.2. The van der Waals surface area contributed by atoms with Crippen LogP contribution in [0.15, 0.2) is 18.2 Å². The first-order valence-electron chi connectivity index (χ1n) is 9.25. The summed E-state index contributed by atoms with van der Waals surface area (Å²) in [6, 6.07) is 6.09. The number of aliphatic hydroxyl groups excluding tert-OH is 1. The fourth-order valence-electron chi connectivity index (χ4n) is 4.40. The predicted molar refractivity (Wildman–Crippen MR) is 95.7 cm³/mol. The standard InChI is InChI=1S/C19H25N3O3/c23-12-13-6-9-21(10-7-13)15-2-1-3-16-14(15)8-11-22(16)17-4-5-18(24)20-19(17)25/h1-3,13,17,23H,4-12H2,(H,20,24,25)/t17-/m1/s1. The molecule has 25 heavy (non-hydrogen) atoms. The van der Waals surface area contributed by atoms with Crippen LogP contribution in [-0.2, 0) is 16.0 Å². The molecule has 0 unspecified atom stereocenters. The van der Waals surface area contributed by atoms with Crippen LogP contribution in [0.1, 0.15) is 31.2 Å². The highest BCUT2D eigenvalue weighted by Crippen LogP contribution is 2.38. The van der Waals surface area contributed by atoms with Crippen LogP contribution in [0.2, 0.25) is 0 Å². The highest BCUT2D eigenvalue weighted by Gasteiger charge is 2.36. The van der Waals surface area contributed by atoms with E-state index in [1.807, 2.05) is 0 Å². The van der Waals surface area contributed by atoms with Gasteiger partial charge >= 0.3 is 0 Å². The number of carbonyl (C=O) groups is 2. The van der Waals surface area contributed by atoms with E-state index >= 15 is 0 Å². The Labute approximate surface area is 147 Å². The van der Waals surface area contributed by atoms with E-state index in [4.69, 9.17) is 0 Å². The number of nitrogens with zero attached hydrogens (tertiary/aromatic N) is 2. The van der Waals surface area contributed by atoms with Crippen molar-refractivity contribution in [3.63, 3.8) is 0 Å². The lowest BCUT2D eigenvalue weighted by Gasteiger charge is -2.35. The number of benzene rings is 1. The Kier molecular flexibility index (Phi) is 4.37. The number of hydrogen-bond donors (Lipinski definition) is 2. The van der Waals surface area contributed by atoms with Crippen molar-refractivity contribution in [2.24, 2.45) is 5.92 Å². The van der Waals surface area contributed by atoms with E-state index in [1.165, 1.54) is 11.3 Å². The maximum atomic E-state index is 12.2. The SMILES string of the molecule is O=C1CC[C@@H](N2CCc3c(N4CCC(CO)CC4)cccc32)C(=O)N1. The fraction of sp³-hybridized carbons (Fsp3) is 0.579. The van der Waals surface area contributed by atoms with Gasteiger partial charge in [0.1, 0.15) is 6.04 Å². The molecule has 2 amide bonds. The summed E-state index contributed by atoms with van der Waals surface area (Å²) < 4.78 is 0. The smallest absolute Gasteiger partial charge is 0.249 e. The molecule has 2 fully saturated rings. The zero-order chi connectivity index (χ0) is 17.4. The first-order chi connectivity index (χ1) is 12.2. The van der Waals surface area contributed by atoms with Crippen LogP contribution in [0, 0.1) is 5.92 Å². The van der Waals surface area contributed by atoms with E-state index in [2.05, 4.69) is 33.3 Å². The van der Waals surface area contributed by atoms with Crippen molar-refractivity contribution in [1.82, 2.24) is 5.32 Å². The second-order valence-corrected chi connectivity index (χ2v) is 7.30. The minimum Gasteiger partial charge on any atom is -0.396 e. The summed E-state index contributed by atoms with van der Waals surface area (Å²) in [4.78, 5) is 28.2. The molecule has 0 aromatic heterocycles. The van der Waals surface area contributed by atoms with E-state index in [0.29, 0.717) is 18.8 Å². The number of aliphatic hydroxyl groups is 1. The van der Waals surface area contributed by atoms with Crippen LogP contribution in [0.4, 0.5) is 11.4 Å². The summed E-state index contributed by atoms with van der Waals surface area (Å²) in [6.07, 6.45) is 3.99. The average molecular weight is 343 g/mol. The van der Waals surface area contributed by atoms with Crippen LogP contribution in [0.5, 0.6) is 0 Å². The molecule has 1 aromatic carbocycles. The number of amides is 2. The van der Waals surface area contributed by atoms with Gasteiger partial charge < -0.3 is 14.9 Å². The number of fused-ring (bicyclic) bond motifs is 1. The summed E-state index contributed by atoms with van der Waals surface area (Å²) >= 11 is 0. The Morgan fingerprint density at radius 1 is 1.04 bits per heavy atom. The molecule has 0 saturated carbocycles. The molecule has 4 rings (SSSR count). The van der Waals surface area contributed by atoms with Crippen molar-refractivity contribution >= 4 is 23.2 Å². The Balaban J connectivity index is 1.56. The van der Waals surface area contributed by atoms with E-state index in [9.17, 15) is 14.7 Å². The minimum atomic E-state index is -0.241. The highest BCUT2D eigenvalue weighted by molar-refractivity contribution is 6.02. The fourth-order valence-corrected chi connectivity index (χ4v) is 4.40. The number of nitrogens with one attached hydrogen (secondary N) is 1. The van der Waals surface area contributed by atoms with Gasteiger partial charge in [0.15, 0.2) is 0 Å². The molecule has 1 aromatic rings. The molecule has 6 nitrogen and oxygen atoms in total. The Hall–Kier alpha value is -2.08. The lowest BCUT2D eigenvalue weighted by atomic mass is 9.96. The van der Waals surface area contributed by atoms with Gasteiger partial charge in [0.05, 0.1) is 0 Å². The first kappa shape index (κ1) is 16.4.